The summed E-state index contributed by atoms with van der Waals surface area (Å²) in [6.45, 7) is 1.94. The van der Waals surface area contributed by atoms with Crippen molar-refractivity contribution in [1.29, 1.82) is 0 Å². The van der Waals surface area contributed by atoms with Gasteiger partial charge in [0.15, 0.2) is 12.6 Å². The van der Waals surface area contributed by atoms with Crippen LogP contribution in [0, 0.1) is 0 Å². The Labute approximate surface area is 160 Å². The average Bonchev–Trinajstić information content (AvgIpc) is 2.56. The molecule has 2 N–H and O–H groups in total. The van der Waals surface area contributed by atoms with Crippen molar-refractivity contribution in [2.75, 3.05) is 48.0 Å². The summed E-state index contributed by atoms with van der Waals surface area (Å²) in [5.41, 5.74) is 1.04. The van der Waals surface area contributed by atoms with Crippen molar-refractivity contribution in [3.8, 4) is 5.75 Å². The molecule has 24 heavy (non-hydrogen) atoms. The van der Waals surface area contributed by atoms with Crippen LogP contribution in [0.25, 0.3) is 0 Å². The van der Waals surface area contributed by atoms with E-state index in [1.807, 2.05) is 24.3 Å². The highest BCUT2D eigenvalue weighted by atomic mass is 127. The highest BCUT2D eigenvalue weighted by molar-refractivity contribution is 14.0. The van der Waals surface area contributed by atoms with Crippen LogP contribution in [0.3, 0.4) is 0 Å². The molecular weight excluding hydrogens is 423 g/mol. The predicted octanol–water partition coefficient (Wildman–Crippen LogP) is 1.08. The first-order chi connectivity index (χ1) is 11.1. The summed E-state index contributed by atoms with van der Waals surface area (Å²) in [7, 11) is 6.78. The van der Waals surface area contributed by atoms with Crippen LogP contribution >= 0.6 is 24.0 Å². The van der Waals surface area contributed by atoms with Crippen LogP contribution in [-0.2, 0) is 16.1 Å². The van der Waals surface area contributed by atoms with Gasteiger partial charge in [-0.1, -0.05) is 12.1 Å². The minimum Gasteiger partial charge on any atom is -0.484 e. The third-order valence-corrected chi connectivity index (χ3v) is 3.04. The first-order valence-electron chi connectivity index (χ1n) is 7.42. The van der Waals surface area contributed by atoms with Gasteiger partial charge in [-0.2, -0.15) is 0 Å². The van der Waals surface area contributed by atoms with Crippen LogP contribution in [0.5, 0.6) is 5.75 Å². The van der Waals surface area contributed by atoms with E-state index < -0.39 is 0 Å². The van der Waals surface area contributed by atoms with Crippen LogP contribution in [-0.4, -0.2) is 64.8 Å². The van der Waals surface area contributed by atoms with Gasteiger partial charge in [-0.3, -0.25) is 9.79 Å². The van der Waals surface area contributed by atoms with Gasteiger partial charge in [-0.05, 0) is 17.7 Å². The largest absolute Gasteiger partial charge is 0.484 e. The van der Waals surface area contributed by atoms with E-state index in [-0.39, 0.29) is 36.5 Å². The molecular formula is C16H27IN4O3. The SMILES string of the molecule is CN=C(NCCOC)NCc1cccc(OCC(=O)N(C)C)c1.I. The summed E-state index contributed by atoms with van der Waals surface area (Å²) in [6.07, 6.45) is 0. The van der Waals surface area contributed by atoms with E-state index in [9.17, 15) is 4.79 Å². The number of hydrogen-bond donors (Lipinski definition) is 2. The predicted molar refractivity (Wildman–Crippen MR) is 106 cm³/mol. The number of nitrogens with zero attached hydrogens (tertiary/aromatic N) is 2. The van der Waals surface area contributed by atoms with Gasteiger partial charge in [0, 0.05) is 41.3 Å². The van der Waals surface area contributed by atoms with Crippen molar-refractivity contribution in [2.45, 2.75) is 6.54 Å². The second-order valence-electron chi connectivity index (χ2n) is 5.07. The summed E-state index contributed by atoms with van der Waals surface area (Å²) in [5, 5.41) is 6.35. The molecule has 0 fully saturated rings. The van der Waals surface area contributed by atoms with Gasteiger partial charge < -0.3 is 25.0 Å². The molecule has 7 nitrogen and oxygen atoms in total. The topological polar surface area (TPSA) is 75.2 Å². The molecule has 8 heteroatoms. The summed E-state index contributed by atoms with van der Waals surface area (Å²) >= 11 is 0. The lowest BCUT2D eigenvalue weighted by Gasteiger charge is -2.13. The monoisotopic (exact) mass is 450 g/mol. The Morgan fingerprint density at radius 3 is 2.67 bits per heavy atom. The molecule has 0 atom stereocenters. The van der Waals surface area contributed by atoms with Crippen molar-refractivity contribution in [3.63, 3.8) is 0 Å². The summed E-state index contributed by atoms with van der Waals surface area (Å²) in [5.74, 6) is 1.30. The standard InChI is InChI=1S/C16H26N4O3.HI/c1-17-16(18-8-9-22-4)19-11-13-6-5-7-14(10-13)23-12-15(21)20(2)3;/h5-7,10H,8-9,11-12H2,1-4H3,(H2,17,18,19);1H. The van der Waals surface area contributed by atoms with Crippen molar-refractivity contribution in [1.82, 2.24) is 15.5 Å². The molecule has 1 rings (SSSR count). The van der Waals surface area contributed by atoms with Gasteiger partial charge in [0.05, 0.1) is 6.61 Å². The lowest BCUT2D eigenvalue weighted by molar-refractivity contribution is -0.130. The maximum atomic E-state index is 11.5. The van der Waals surface area contributed by atoms with Crippen molar-refractivity contribution < 1.29 is 14.3 Å². The second kappa shape index (κ2) is 12.8. The smallest absolute Gasteiger partial charge is 0.259 e. The van der Waals surface area contributed by atoms with Crippen LogP contribution < -0.4 is 15.4 Å². The second-order valence-corrected chi connectivity index (χ2v) is 5.07. The van der Waals surface area contributed by atoms with Gasteiger partial charge in [0.2, 0.25) is 0 Å². The number of nitrogens with one attached hydrogen (secondary N) is 2. The van der Waals surface area contributed by atoms with E-state index in [4.69, 9.17) is 9.47 Å². The zero-order chi connectivity index (χ0) is 17.1. The van der Waals surface area contributed by atoms with Crippen LogP contribution in [0.2, 0.25) is 0 Å². The third kappa shape index (κ3) is 8.92. The fourth-order valence-corrected chi connectivity index (χ4v) is 1.70. The Balaban J connectivity index is 0.00000529. The average molecular weight is 450 g/mol. The molecule has 0 saturated heterocycles. The molecule has 0 radical (unpaired) electrons. The van der Waals surface area contributed by atoms with Crippen LogP contribution in [0.4, 0.5) is 0 Å². The molecule has 1 aromatic carbocycles. The summed E-state index contributed by atoms with van der Waals surface area (Å²) < 4.78 is 10.5. The first-order valence-corrected chi connectivity index (χ1v) is 7.42. The Kier molecular flexibility index (Phi) is 12.0. The van der Waals surface area contributed by atoms with E-state index in [1.165, 1.54) is 4.90 Å². The molecule has 1 amide bonds. The minimum atomic E-state index is -0.0729. The summed E-state index contributed by atoms with van der Waals surface area (Å²) in [4.78, 5) is 17.2. The van der Waals surface area contributed by atoms with Crippen molar-refractivity contribution >= 4 is 35.8 Å². The summed E-state index contributed by atoms with van der Waals surface area (Å²) in [6, 6.07) is 7.61. The van der Waals surface area contributed by atoms with E-state index in [0.29, 0.717) is 31.4 Å². The highest BCUT2D eigenvalue weighted by Gasteiger charge is 2.05. The van der Waals surface area contributed by atoms with E-state index in [1.54, 1.807) is 28.3 Å². The number of carbonyl (C=O) groups excluding carboxylic acids is 1. The zero-order valence-corrected chi connectivity index (χ0v) is 17.0. The van der Waals surface area contributed by atoms with Gasteiger partial charge in [-0.15, -0.1) is 24.0 Å². The number of halogens is 1. The van der Waals surface area contributed by atoms with Crippen LogP contribution in [0.1, 0.15) is 5.56 Å². The van der Waals surface area contributed by atoms with Crippen molar-refractivity contribution in [2.24, 2.45) is 4.99 Å². The normalized spacial score (nSPS) is 10.6. The van der Waals surface area contributed by atoms with Gasteiger partial charge in [0.25, 0.3) is 5.91 Å². The fraction of sp³-hybridized carbons (Fsp3) is 0.500. The van der Waals surface area contributed by atoms with Crippen molar-refractivity contribution in [3.05, 3.63) is 29.8 Å². The highest BCUT2D eigenvalue weighted by Crippen LogP contribution is 2.13. The molecule has 0 aliphatic rings. The number of ether oxygens (including phenoxy) is 2. The number of rotatable bonds is 8. The quantitative estimate of drug-likeness (QED) is 0.269. The molecule has 1 aromatic rings. The lowest BCUT2D eigenvalue weighted by Crippen LogP contribution is -2.38. The fourth-order valence-electron chi connectivity index (χ4n) is 1.70. The number of guanidine groups is 1. The minimum absolute atomic E-state index is 0. The van der Waals surface area contributed by atoms with E-state index in [2.05, 4.69) is 15.6 Å². The Morgan fingerprint density at radius 1 is 1.29 bits per heavy atom. The van der Waals surface area contributed by atoms with Gasteiger partial charge >= 0.3 is 0 Å². The Hall–Kier alpha value is -1.55. The maximum absolute atomic E-state index is 11.5. The third-order valence-electron chi connectivity index (χ3n) is 3.04. The van der Waals surface area contributed by atoms with E-state index >= 15 is 0 Å². The Bertz CT molecular complexity index is 524. The molecule has 0 aliphatic heterocycles. The molecule has 0 aliphatic carbocycles. The van der Waals surface area contributed by atoms with Gasteiger partial charge in [-0.25, -0.2) is 0 Å². The van der Waals surface area contributed by atoms with E-state index in [0.717, 1.165) is 5.56 Å². The Morgan fingerprint density at radius 2 is 2.04 bits per heavy atom. The number of carbonyl (C=O) groups is 1. The molecule has 136 valence electrons. The molecule has 0 bridgehead atoms. The molecule has 0 aromatic heterocycles. The molecule has 0 spiro atoms. The number of likely N-dealkylation sites (N-methyl/N-ethyl adjacent to an activating group) is 1. The lowest BCUT2D eigenvalue weighted by atomic mass is 10.2. The maximum Gasteiger partial charge on any atom is 0.259 e. The number of aliphatic imine (C=N–C) groups is 1. The number of methoxy groups -OCH3 is 1. The molecule has 0 saturated carbocycles. The number of amides is 1. The van der Waals surface area contributed by atoms with Crippen LogP contribution in [0.15, 0.2) is 29.3 Å². The molecule has 0 heterocycles. The number of benzene rings is 1. The van der Waals surface area contributed by atoms with Gasteiger partial charge in [0.1, 0.15) is 5.75 Å². The zero-order valence-electron chi connectivity index (χ0n) is 14.7. The first kappa shape index (κ1) is 22.4. The molecule has 0 unspecified atom stereocenters. The number of hydrogen-bond acceptors (Lipinski definition) is 4.